The molecule has 16 heavy (non-hydrogen) atoms. The third-order valence-corrected chi connectivity index (χ3v) is 2.77. The Morgan fingerprint density at radius 1 is 1.19 bits per heavy atom. The Kier molecular flexibility index (Phi) is 5.29. The van der Waals surface area contributed by atoms with E-state index in [0.29, 0.717) is 0 Å². The predicted octanol–water partition coefficient (Wildman–Crippen LogP) is 1.62. The first-order chi connectivity index (χ1) is 7.69. The fourth-order valence-corrected chi connectivity index (χ4v) is 1.67. The number of nitrogens with one attached hydrogen (secondary N) is 2. The molecule has 3 heteroatoms. The van der Waals surface area contributed by atoms with E-state index in [-0.39, 0.29) is 0 Å². The van der Waals surface area contributed by atoms with E-state index in [2.05, 4.69) is 36.6 Å². The van der Waals surface area contributed by atoms with Gasteiger partial charge in [0.2, 0.25) is 0 Å². The van der Waals surface area contributed by atoms with Crippen LogP contribution in [0, 0.1) is 13.8 Å². The van der Waals surface area contributed by atoms with Crippen molar-refractivity contribution in [1.82, 2.24) is 10.6 Å². The SMILES string of the molecule is CNCNCCc1cc(C)c(C)cc1OC. The van der Waals surface area contributed by atoms with Crippen molar-refractivity contribution in [2.75, 3.05) is 27.4 Å². The van der Waals surface area contributed by atoms with Crippen molar-refractivity contribution >= 4 is 0 Å². The maximum absolute atomic E-state index is 5.39. The van der Waals surface area contributed by atoms with Gasteiger partial charge in [-0.15, -0.1) is 0 Å². The van der Waals surface area contributed by atoms with Crippen LogP contribution in [0.15, 0.2) is 12.1 Å². The summed E-state index contributed by atoms with van der Waals surface area (Å²) in [6.07, 6.45) is 0.992. The minimum Gasteiger partial charge on any atom is -0.496 e. The summed E-state index contributed by atoms with van der Waals surface area (Å²) in [5.41, 5.74) is 3.88. The third kappa shape index (κ3) is 3.51. The first-order valence-corrected chi connectivity index (χ1v) is 5.68. The lowest BCUT2D eigenvalue weighted by molar-refractivity contribution is 0.408. The van der Waals surface area contributed by atoms with Gasteiger partial charge in [0.15, 0.2) is 0 Å². The fraction of sp³-hybridized carbons (Fsp3) is 0.538. The average molecular weight is 222 g/mol. The van der Waals surface area contributed by atoms with Gasteiger partial charge in [0.1, 0.15) is 5.75 Å². The van der Waals surface area contributed by atoms with Crippen molar-refractivity contribution in [1.29, 1.82) is 0 Å². The first-order valence-electron chi connectivity index (χ1n) is 5.68. The normalized spacial score (nSPS) is 10.5. The zero-order chi connectivity index (χ0) is 12.0. The Morgan fingerprint density at radius 3 is 2.50 bits per heavy atom. The molecule has 0 amide bonds. The number of methoxy groups -OCH3 is 1. The minimum atomic E-state index is 0.840. The van der Waals surface area contributed by atoms with Gasteiger partial charge in [-0.25, -0.2) is 0 Å². The summed E-state index contributed by atoms with van der Waals surface area (Å²) in [5.74, 6) is 0.995. The third-order valence-electron chi connectivity index (χ3n) is 2.77. The molecule has 0 fully saturated rings. The quantitative estimate of drug-likeness (QED) is 0.567. The molecule has 0 aliphatic carbocycles. The highest BCUT2D eigenvalue weighted by atomic mass is 16.5. The number of ether oxygens (including phenoxy) is 1. The van der Waals surface area contributed by atoms with Crippen LogP contribution in [-0.2, 0) is 6.42 Å². The molecule has 0 saturated heterocycles. The molecular weight excluding hydrogens is 200 g/mol. The van der Waals surface area contributed by atoms with Crippen LogP contribution < -0.4 is 15.4 Å². The van der Waals surface area contributed by atoms with Crippen LogP contribution in [0.4, 0.5) is 0 Å². The Balaban J connectivity index is 2.66. The van der Waals surface area contributed by atoms with Crippen LogP contribution in [0.5, 0.6) is 5.75 Å². The second-order valence-electron chi connectivity index (χ2n) is 4.03. The minimum absolute atomic E-state index is 0.840. The zero-order valence-electron chi connectivity index (χ0n) is 10.7. The number of hydrogen-bond acceptors (Lipinski definition) is 3. The molecule has 0 atom stereocenters. The average Bonchev–Trinajstić information content (AvgIpc) is 2.28. The lowest BCUT2D eigenvalue weighted by Crippen LogP contribution is -2.27. The molecular formula is C13H22N2O. The van der Waals surface area contributed by atoms with E-state index < -0.39 is 0 Å². The summed E-state index contributed by atoms with van der Waals surface area (Å²) in [5, 5.41) is 6.36. The smallest absolute Gasteiger partial charge is 0.122 e. The molecule has 3 nitrogen and oxygen atoms in total. The predicted molar refractivity (Wildman–Crippen MR) is 68.1 cm³/mol. The van der Waals surface area contributed by atoms with Gasteiger partial charge in [0, 0.05) is 13.2 Å². The van der Waals surface area contributed by atoms with E-state index >= 15 is 0 Å². The topological polar surface area (TPSA) is 33.3 Å². The molecule has 1 rings (SSSR count). The van der Waals surface area contributed by atoms with Crippen LogP contribution in [0.1, 0.15) is 16.7 Å². The van der Waals surface area contributed by atoms with E-state index in [1.807, 2.05) is 7.05 Å². The molecule has 0 unspecified atom stereocenters. The van der Waals surface area contributed by atoms with Gasteiger partial charge in [0.25, 0.3) is 0 Å². The molecule has 0 spiro atoms. The molecule has 0 aromatic heterocycles. The Labute approximate surface area is 98.2 Å². The largest absolute Gasteiger partial charge is 0.496 e. The zero-order valence-corrected chi connectivity index (χ0v) is 10.7. The van der Waals surface area contributed by atoms with Crippen LogP contribution in [0.2, 0.25) is 0 Å². The lowest BCUT2D eigenvalue weighted by Gasteiger charge is -2.12. The number of rotatable bonds is 6. The maximum Gasteiger partial charge on any atom is 0.122 e. The van der Waals surface area contributed by atoms with Crippen LogP contribution in [0.25, 0.3) is 0 Å². The van der Waals surface area contributed by atoms with Gasteiger partial charge < -0.3 is 15.4 Å². The van der Waals surface area contributed by atoms with Gasteiger partial charge in [-0.2, -0.15) is 0 Å². The Hall–Kier alpha value is -1.06. The molecule has 0 heterocycles. The summed E-state index contributed by atoms with van der Waals surface area (Å²) in [6, 6.07) is 4.33. The van der Waals surface area contributed by atoms with Crippen LogP contribution >= 0.6 is 0 Å². The van der Waals surface area contributed by atoms with Gasteiger partial charge in [0.05, 0.1) is 7.11 Å². The Morgan fingerprint density at radius 2 is 1.88 bits per heavy atom. The molecule has 0 bridgehead atoms. The Bertz CT molecular complexity index is 337. The van der Waals surface area contributed by atoms with Gasteiger partial charge in [-0.1, -0.05) is 6.07 Å². The number of aryl methyl sites for hydroxylation is 2. The van der Waals surface area contributed by atoms with Crippen molar-refractivity contribution in [3.63, 3.8) is 0 Å². The van der Waals surface area contributed by atoms with Crippen LogP contribution in [0.3, 0.4) is 0 Å². The van der Waals surface area contributed by atoms with Gasteiger partial charge >= 0.3 is 0 Å². The summed E-state index contributed by atoms with van der Waals surface area (Å²) < 4.78 is 5.39. The van der Waals surface area contributed by atoms with E-state index in [0.717, 1.165) is 25.4 Å². The molecule has 90 valence electrons. The highest BCUT2D eigenvalue weighted by Crippen LogP contribution is 2.23. The van der Waals surface area contributed by atoms with Crippen molar-refractivity contribution in [2.24, 2.45) is 0 Å². The first kappa shape index (κ1) is 13.0. The molecule has 2 N–H and O–H groups in total. The van der Waals surface area contributed by atoms with Crippen molar-refractivity contribution in [3.8, 4) is 5.75 Å². The van der Waals surface area contributed by atoms with Crippen molar-refractivity contribution in [2.45, 2.75) is 20.3 Å². The lowest BCUT2D eigenvalue weighted by atomic mass is 10.0. The molecule has 0 saturated carbocycles. The number of hydrogen-bond donors (Lipinski definition) is 2. The van der Waals surface area contributed by atoms with E-state index in [4.69, 9.17) is 4.74 Å². The highest BCUT2D eigenvalue weighted by Gasteiger charge is 2.05. The molecule has 0 radical (unpaired) electrons. The molecule has 1 aromatic rings. The summed E-state index contributed by atoms with van der Waals surface area (Å²) >= 11 is 0. The highest BCUT2D eigenvalue weighted by molar-refractivity contribution is 5.41. The standard InChI is InChI=1S/C13H22N2O/c1-10-7-12(5-6-15-9-14-3)13(16-4)8-11(10)2/h7-8,14-15H,5-6,9H2,1-4H3. The molecule has 0 aliphatic rings. The van der Waals surface area contributed by atoms with E-state index in [1.54, 1.807) is 7.11 Å². The van der Waals surface area contributed by atoms with Crippen molar-refractivity contribution < 1.29 is 4.74 Å². The van der Waals surface area contributed by atoms with E-state index in [1.165, 1.54) is 16.7 Å². The monoisotopic (exact) mass is 222 g/mol. The number of benzene rings is 1. The molecule has 0 aliphatic heterocycles. The van der Waals surface area contributed by atoms with E-state index in [9.17, 15) is 0 Å². The second kappa shape index (κ2) is 6.51. The fourth-order valence-electron chi connectivity index (χ4n) is 1.67. The van der Waals surface area contributed by atoms with Crippen LogP contribution in [-0.4, -0.2) is 27.4 Å². The van der Waals surface area contributed by atoms with Crippen molar-refractivity contribution in [3.05, 3.63) is 28.8 Å². The summed E-state index contributed by atoms with van der Waals surface area (Å²) in [4.78, 5) is 0. The second-order valence-corrected chi connectivity index (χ2v) is 4.03. The van der Waals surface area contributed by atoms with Gasteiger partial charge in [-0.3, -0.25) is 0 Å². The summed E-state index contributed by atoms with van der Waals surface area (Å²) in [7, 11) is 3.66. The summed E-state index contributed by atoms with van der Waals surface area (Å²) in [6.45, 7) is 6.05. The van der Waals surface area contributed by atoms with Gasteiger partial charge in [-0.05, 0) is 50.1 Å². The molecule has 1 aromatic carbocycles. The maximum atomic E-state index is 5.39.